The summed E-state index contributed by atoms with van der Waals surface area (Å²) in [4.78, 5) is 105. The topological polar surface area (TPSA) is 315 Å². The molecule has 6 fully saturated rings. The van der Waals surface area contributed by atoms with E-state index in [-0.39, 0.29) is 93.9 Å². The highest BCUT2D eigenvalue weighted by Gasteiger charge is 2.47. The summed E-state index contributed by atoms with van der Waals surface area (Å²) in [6.45, 7) is 28.4. The van der Waals surface area contributed by atoms with Gasteiger partial charge in [0.1, 0.15) is 46.4 Å². The number of thiazole rings is 2. The van der Waals surface area contributed by atoms with Crippen LogP contribution in [-0.4, -0.2) is 208 Å². The number of carbonyl (C=O) groups excluding carboxylic acids is 5. The van der Waals surface area contributed by atoms with Crippen LogP contribution >= 0.6 is 49.7 Å². The second-order valence-electron chi connectivity index (χ2n) is 36.4. The number of hydrogen-bond donors (Lipinski definition) is 5. The highest BCUT2D eigenvalue weighted by atomic mass is 32.1. The van der Waals surface area contributed by atoms with E-state index in [2.05, 4.69) is 146 Å². The number of cyclic esters (lactones) is 2. The van der Waals surface area contributed by atoms with E-state index in [9.17, 15) is 28.8 Å². The Kier molecular flexibility index (Phi) is 31.4. The molecule has 4 saturated heterocycles. The maximum Gasteiger partial charge on any atom is 0.324 e. The number of carbonyl (C=O) groups is 6. The van der Waals surface area contributed by atoms with Gasteiger partial charge in [-0.15, -0.1) is 22.7 Å². The second-order valence-corrected chi connectivity index (χ2v) is 38.2. The molecule has 3 amide bonds. The van der Waals surface area contributed by atoms with Gasteiger partial charge in [0.05, 0.1) is 78.7 Å². The van der Waals surface area contributed by atoms with Gasteiger partial charge >= 0.3 is 17.9 Å². The smallest absolute Gasteiger partial charge is 0.324 e. The number of esters is 2. The van der Waals surface area contributed by atoms with Crippen molar-refractivity contribution in [1.29, 1.82) is 0 Å². The van der Waals surface area contributed by atoms with Crippen LogP contribution in [0.3, 0.4) is 0 Å². The van der Waals surface area contributed by atoms with Gasteiger partial charge in [-0.1, -0.05) is 53.7 Å². The van der Waals surface area contributed by atoms with E-state index in [1.807, 2.05) is 56.1 Å². The third-order valence-corrected chi connectivity index (χ3v) is 27.6. The van der Waals surface area contributed by atoms with Crippen LogP contribution in [0.1, 0.15) is 190 Å². The lowest BCUT2D eigenvalue weighted by Crippen LogP contribution is -2.61. The molecule has 0 unspecified atom stereocenters. The van der Waals surface area contributed by atoms with E-state index in [0.29, 0.717) is 92.6 Å². The van der Waals surface area contributed by atoms with Crippen molar-refractivity contribution in [3.8, 4) is 45.0 Å². The first-order valence-electron chi connectivity index (χ1n) is 43.6. The Morgan fingerprint density at radius 3 is 1.45 bits per heavy atom. The molecule has 8 aliphatic rings. The Balaban J connectivity index is 0.000000205. The Morgan fingerprint density at radius 2 is 1.04 bits per heavy atom. The number of likely N-dealkylation sites (tertiary alicyclic amines) is 2. The van der Waals surface area contributed by atoms with Gasteiger partial charge in [0.15, 0.2) is 0 Å². The molecule has 6 N–H and O–H groups in total. The van der Waals surface area contributed by atoms with Crippen molar-refractivity contribution in [2.24, 2.45) is 52.1 Å². The summed E-state index contributed by atoms with van der Waals surface area (Å²) in [6, 6.07) is 17.7. The summed E-state index contributed by atoms with van der Waals surface area (Å²) in [7, 11) is 7.68. The zero-order chi connectivity index (χ0) is 85.9. The molecular weight excluding hydrogens is 1640 g/mol. The Hall–Kier alpha value is -7.76. The van der Waals surface area contributed by atoms with Crippen molar-refractivity contribution in [1.82, 2.24) is 65.1 Å². The number of piperidine rings is 2. The third kappa shape index (κ3) is 21.6. The molecule has 27 nitrogen and oxygen atoms in total. The Bertz CT molecular complexity index is 5030. The number of rotatable bonds is 17. The molecule has 123 heavy (non-hydrogen) atoms. The van der Waals surface area contributed by atoms with Crippen LogP contribution in [0.15, 0.2) is 83.8 Å². The monoisotopic (exact) mass is 1760 g/mol. The van der Waals surface area contributed by atoms with E-state index in [4.69, 9.17) is 59.2 Å². The number of ether oxygens (including phenoxy) is 6. The van der Waals surface area contributed by atoms with E-state index >= 15 is 0 Å². The molecule has 6 aromatic heterocycles. The number of fused-ring (bicyclic) bond motifs is 12. The van der Waals surface area contributed by atoms with Gasteiger partial charge < -0.3 is 63.5 Å². The first-order chi connectivity index (χ1) is 58.0. The molecule has 8 aromatic rings. The third-order valence-electron chi connectivity index (χ3n) is 25.8. The molecule has 12 heterocycles. The summed E-state index contributed by atoms with van der Waals surface area (Å²) < 4.78 is 42.0. The number of carboxylic acid groups (broad SMARTS) is 1. The average molecular weight is 1770 g/mol. The fourth-order valence-electron chi connectivity index (χ4n) is 18.0. The van der Waals surface area contributed by atoms with Gasteiger partial charge in [0, 0.05) is 124 Å². The second kappa shape index (κ2) is 40.9. The molecule has 2 aliphatic carbocycles. The Morgan fingerprint density at radius 1 is 0.618 bits per heavy atom. The number of aryl methyl sites for hydroxylation is 2. The molecule has 16 rings (SSSR count). The predicted octanol–water partition coefficient (Wildman–Crippen LogP) is 13.6. The summed E-state index contributed by atoms with van der Waals surface area (Å²) in [5, 5.41) is 21.9. The van der Waals surface area contributed by atoms with Crippen LogP contribution in [0.4, 0.5) is 0 Å². The normalized spacial score (nSPS) is 25.1. The van der Waals surface area contributed by atoms with Gasteiger partial charge in [-0.25, -0.2) is 20.8 Å². The van der Waals surface area contributed by atoms with Crippen molar-refractivity contribution in [3.63, 3.8) is 0 Å². The zero-order valence-electron chi connectivity index (χ0n) is 73.8. The summed E-state index contributed by atoms with van der Waals surface area (Å²) in [5.41, 5.74) is 26.1. The molecule has 12 atom stereocenters. The molecule has 6 aliphatic heterocycles. The number of carboxylic acids is 1. The minimum Gasteiger partial charge on any atom is -0.481 e. The van der Waals surface area contributed by atoms with Crippen LogP contribution in [-0.2, 0) is 83.1 Å². The van der Waals surface area contributed by atoms with Crippen molar-refractivity contribution < 1.29 is 62.3 Å². The Labute approximate surface area is 745 Å². The maximum absolute atomic E-state index is 14.8. The van der Waals surface area contributed by atoms with Crippen LogP contribution in [0.2, 0.25) is 0 Å². The average Bonchev–Trinajstić information content (AvgIpc) is 1.59. The number of hydrogen-bond acceptors (Lipinski definition) is 23. The van der Waals surface area contributed by atoms with Crippen molar-refractivity contribution in [2.75, 3.05) is 94.0 Å². The fraction of sp³-hybridized carbons (Fsp3) is 0.587. The lowest BCUT2D eigenvalue weighted by atomic mass is 9.84. The minimum atomic E-state index is -1.06. The molecular formula is C92H128N14O13S4. The van der Waals surface area contributed by atoms with E-state index in [1.165, 1.54) is 32.7 Å². The molecule has 2 aromatic carbocycles. The first kappa shape index (κ1) is 94.4. The van der Waals surface area contributed by atoms with Crippen LogP contribution < -0.4 is 21.9 Å². The first-order valence-corrected chi connectivity index (χ1v) is 45.4. The van der Waals surface area contributed by atoms with Gasteiger partial charge in [-0.3, -0.25) is 48.8 Å². The van der Waals surface area contributed by atoms with Crippen LogP contribution in [0.25, 0.3) is 66.8 Å². The van der Waals surface area contributed by atoms with Gasteiger partial charge in [0.25, 0.3) is 11.8 Å². The van der Waals surface area contributed by atoms with Crippen LogP contribution in [0, 0.1) is 46.3 Å². The van der Waals surface area contributed by atoms with Crippen LogP contribution in [0.5, 0.6) is 0 Å². The molecule has 0 spiro atoms. The van der Waals surface area contributed by atoms with Gasteiger partial charge in [0.2, 0.25) is 5.91 Å². The highest BCUT2D eigenvalue weighted by molar-refractivity contribution is 7.59. The maximum atomic E-state index is 14.8. The molecule has 0 radical (unpaired) electrons. The van der Waals surface area contributed by atoms with Gasteiger partial charge in [-0.05, 0) is 228 Å². The number of nitrogens with zero attached hydrogens (tertiary/aromatic N) is 10. The summed E-state index contributed by atoms with van der Waals surface area (Å²) in [5.74, 6) is -1.05. The number of amides is 3. The van der Waals surface area contributed by atoms with Crippen molar-refractivity contribution in [2.45, 2.75) is 208 Å². The number of nitrogens with two attached hydrogens (primary N) is 1. The lowest BCUT2D eigenvalue weighted by Gasteiger charge is -2.37. The lowest BCUT2D eigenvalue weighted by molar-refractivity contribution is -0.157. The molecule has 31 heteroatoms. The molecule has 668 valence electrons. The molecule has 12 bridgehead atoms. The highest BCUT2D eigenvalue weighted by Crippen LogP contribution is 2.47. The number of aromatic nitrogens is 6. The van der Waals surface area contributed by atoms with E-state index in [0.717, 1.165) is 167 Å². The fourth-order valence-corrected chi connectivity index (χ4v) is 19.8. The summed E-state index contributed by atoms with van der Waals surface area (Å²) in [6.07, 6.45) is 10.8. The standard InChI is InChI=1S/C46H61N7O6S.C41H55N7O5S.C5H8O2.2H2S/c1-8-52-37-14-13-30-22-33(37)34(40(52)31-11-9-17-47-38(31)28(3)57-7)23-46(4,5)26-59-45(56)35-12-10-18-53(50-35)44(55)39(49-42(54)32-21-27(32)2)41(43-48-36(30)25-60-43)58-24-29-15-19-51(6)20-16-29;1-7-47-33-13-12-27-20-29(33)30(36(47)28-10-8-16-43-35(28)25(2)51-6)21-41(3,4)24-53-40(50)31-11-9-17-48(45-31)39(49)34(42)37(38-44-32(27)23-54-38)52-22-26-14-18-46(5)19-15-26;1-3-2-4(3)5(6)7;;/h9,11,13-14,17,22,25,27-29,32,35,39,41,50H,8,10,12,15-16,18-21,23-24,26H2,1-7H3,(H,49,54);8,10,12-13,16,20,23,25-26,31,34,37,45H,7,9,11,14-15,17-19,21-22,24,42H2,1-6H3;3-4H,2H2,1H3,(H,6,7);2*1H2/t27-,28-,32-,35-,39-,41-;25-,31-,34-,37-;3-,4-;;/m000../s1. The number of methoxy groups -OCH3 is 2. The predicted molar refractivity (Wildman–Crippen MR) is 488 cm³/mol. The SMILES string of the molecule is CCn1c(-c2cccnc2[C@H](C)OC)c2c3cc(ccc31)-c1csc(n1)[C@@H](OCC1CCN(C)CC1)[C@H](N)C(=O)N1CCC[C@H](N1)C(=O)OCC(C)(C)C2.CCn1c(-c2cccnc2[C@H](C)OC)c2c3cc(ccc31)-c1csc(n1)[C@@H](OCC1CCN(C)CC1)[C@H](NC(=O)[C@H]1C[C@@H]1C)C(=O)N1CCC[C@H](N1)C(=O)OCC(C)(C)C2.C[C@H]1C[C@@H]1C(=O)O.S.S. The zero-order valence-corrected chi connectivity index (χ0v) is 77.5. The number of pyridine rings is 2. The van der Waals surface area contributed by atoms with E-state index in [1.54, 1.807) is 14.2 Å². The quantitative estimate of drug-likeness (QED) is 0.0529. The number of benzene rings is 2. The molecule has 2 saturated carbocycles. The van der Waals surface area contributed by atoms with Crippen molar-refractivity contribution in [3.05, 3.63) is 116 Å². The van der Waals surface area contributed by atoms with Crippen molar-refractivity contribution >= 4 is 107 Å². The van der Waals surface area contributed by atoms with E-state index < -0.39 is 59.1 Å². The minimum absolute atomic E-state index is 0. The van der Waals surface area contributed by atoms with Gasteiger partial charge in [-0.2, -0.15) is 27.0 Å². The summed E-state index contributed by atoms with van der Waals surface area (Å²) >= 11 is 2.92. The number of aliphatic carboxylic acids is 1. The number of hydrazine groups is 2. The number of nitrogens with one attached hydrogen (secondary N) is 3. The largest absolute Gasteiger partial charge is 0.481 e.